The fraction of sp³-hybridized carbons (Fsp3) is 0.929. The molecular weight excluding hydrogens is 252 g/mol. The lowest BCUT2D eigenvalue weighted by Crippen LogP contribution is -2.38. The van der Waals surface area contributed by atoms with Crippen molar-refractivity contribution >= 4 is 0 Å². The van der Waals surface area contributed by atoms with Crippen LogP contribution in [0.15, 0.2) is 0 Å². The largest absolute Gasteiger partial charge is 0.316 e. The van der Waals surface area contributed by atoms with Crippen molar-refractivity contribution in [2.75, 3.05) is 26.2 Å². The Morgan fingerprint density at radius 3 is 2.95 bits per heavy atom. The lowest BCUT2D eigenvalue weighted by molar-refractivity contribution is 0.194. The van der Waals surface area contributed by atoms with E-state index in [1.54, 1.807) is 0 Å². The first-order chi connectivity index (χ1) is 9.83. The summed E-state index contributed by atoms with van der Waals surface area (Å²) in [5, 5.41) is 15.6. The van der Waals surface area contributed by atoms with Gasteiger partial charge in [0.25, 0.3) is 0 Å². The first-order valence-corrected chi connectivity index (χ1v) is 8.01. The van der Waals surface area contributed by atoms with Gasteiger partial charge in [0.1, 0.15) is 0 Å². The van der Waals surface area contributed by atoms with E-state index >= 15 is 0 Å². The van der Waals surface area contributed by atoms with E-state index in [-0.39, 0.29) is 0 Å². The molecule has 1 aromatic heterocycles. The molecule has 114 valence electrons. The van der Waals surface area contributed by atoms with Crippen molar-refractivity contribution in [1.82, 2.24) is 30.4 Å². The molecule has 1 aromatic rings. The summed E-state index contributed by atoms with van der Waals surface area (Å²) in [4.78, 5) is 2.51. The summed E-state index contributed by atoms with van der Waals surface area (Å²) in [5.74, 6) is 1.77. The van der Waals surface area contributed by atoms with Crippen molar-refractivity contribution in [2.24, 2.45) is 5.92 Å². The van der Waals surface area contributed by atoms with Crippen molar-refractivity contribution in [2.45, 2.75) is 52.6 Å². The van der Waals surface area contributed by atoms with Crippen molar-refractivity contribution in [3.63, 3.8) is 0 Å². The maximum atomic E-state index is 4.19. The minimum Gasteiger partial charge on any atom is -0.316 e. The van der Waals surface area contributed by atoms with Gasteiger partial charge in [0.15, 0.2) is 5.82 Å². The van der Waals surface area contributed by atoms with E-state index in [2.05, 4.69) is 39.6 Å². The first kappa shape index (κ1) is 15.4. The number of aryl methyl sites for hydroxylation is 1. The molecule has 1 saturated heterocycles. The Bertz CT molecular complexity index is 371. The molecule has 1 N–H and O–H groups in total. The number of hydrogen-bond donors (Lipinski definition) is 1. The molecule has 6 heteroatoms. The molecule has 0 saturated carbocycles. The number of tetrazole rings is 1. The molecule has 1 unspecified atom stereocenters. The molecule has 0 bridgehead atoms. The third-order valence-electron chi connectivity index (χ3n) is 3.86. The molecule has 6 nitrogen and oxygen atoms in total. The van der Waals surface area contributed by atoms with Crippen LogP contribution in [-0.4, -0.2) is 51.3 Å². The lowest BCUT2D eigenvalue weighted by atomic mass is 9.99. The van der Waals surface area contributed by atoms with Crippen molar-refractivity contribution in [3.05, 3.63) is 5.82 Å². The average molecular weight is 280 g/mol. The van der Waals surface area contributed by atoms with Crippen LogP contribution in [0.3, 0.4) is 0 Å². The molecular formula is C14H28N6. The van der Waals surface area contributed by atoms with Gasteiger partial charge in [0.05, 0.1) is 6.54 Å². The predicted octanol–water partition coefficient (Wildman–Crippen LogP) is 1.29. The number of hydrogen-bond acceptors (Lipinski definition) is 5. The van der Waals surface area contributed by atoms with Crippen LogP contribution in [0.2, 0.25) is 0 Å². The van der Waals surface area contributed by atoms with Gasteiger partial charge in [-0.05, 0) is 61.7 Å². The maximum absolute atomic E-state index is 4.19. The second-order valence-corrected chi connectivity index (χ2v) is 5.77. The van der Waals surface area contributed by atoms with Crippen LogP contribution in [0.5, 0.6) is 0 Å². The molecule has 1 atom stereocenters. The molecule has 0 radical (unpaired) electrons. The Morgan fingerprint density at radius 2 is 2.25 bits per heavy atom. The highest BCUT2D eigenvalue weighted by Crippen LogP contribution is 2.13. The Hall–Kier alpha value is -1.01. The summed E-state index contributed by atoms with van der Waals surface area (Å²) >= 11 is 0. The quantitative estimate of drug-likeness (QED) is 0.777. The van der Waals surface area contributed by atoms with Crippen LogP contribution in [-0.2, 0) is 13.1 Å². The van der Waals surface area contributed by atoms with E-state index in [1.165, 1.54) is 25.8 Å². The first-order valence-electron chi connectivity index (χ1n) is 8.01. The van der Waals surface area contributed by atoms with Gasteiger partial charge >= 0.3 is 0 Å². The monoisotopic (exact) mass is 280 g/mol. The minimum absolute atomic E-state index is 0.769. The zero-order valence-electron chi connectivity index (χ0n) is 12.9. The molecule has 1 aliphatic heterocycles. The summed E-state index contributed by atoms with van der Waals surface area (Å²) in [6, 6.07) is 0. The second kappa shape index (κ2) is 8.32. The van der Waals surface area contributed by atoms with Crippen LogP contribution in [0, 0.1) is 5.92 Å². The van der Waals surface area contributed by atoms with Crippen molar-refractivity contribution in [3.8, 4) is 0 Å². The molecule has 20 heavy (non-hydrogen) atoms. The van der Waals surface area contributed by atoms with Gasteiger partial charge < -0.3 is 5.32 Å². The molecule has 0 amide bonds. The zero-order valence-corrected chi connectivity index (χ0v) is 12.9. The maximum Gasteiger partial charge on any atom is 0.165 e. The van der Waals surface area contributed by atoms with Crippen LogP contribution in [0.25, 0.3) is 0 Å². The second-order valence-electron chi connectivity index (χ2n) is 5.77. The highest BCUT2D eigenvalue weighted by Gasteiger charge is 2.18. The van der Waals surface area contributed by atoms with Gasteiger partial charge in [0, 0.05) is 13.1 Å². The van der Waals surface area contributed by atoms with Gasteiger partial charge in [-0.3, -0.25) is 4.90 Å². The van der Waals surface area contributed by atoms with Crippen molar-refractivity contribution < 1.29 is 0 Å². The highest BCUT2D eigenvalue weighted by atomic mass is 15.5. The summed E-state index contributed by atoms with van der Waals surface area (Å²) in [6.45, 7) is 10.8. The van der Waals surface area contributed by atoms with E-state index in [1.807, 2.05) is 4.68 Å². The lowest BCUT2D eigenvalue weighted by Gasteiger charge is -2.29. The summed E-state index contributed by atoms with van der Waals surface area (Å²) in [7, 11) is 0. The SMILES string of the molecule is CCCN(Cc1nnnn1CCC)CC1CCCNC1. The Labute approximate surface area is 121 Å². The van der Waals surface area contributed by atoms with E-state index < -0.39 is 0 Å². The highest BCUT2D eigenvalue weighted by molar-refractivity contribution is 4.83. The molecule has 1 aliphatic rings. The van der Waals surface area contributed by atoms with E-state index in [0.717, 1.165) is 50.9 Å². The van der Waals surface area contributed by atoms with E-state index in [0.29, 0.717) is 0 Å². The van der Waals surface area contributed by atoms with Crippen LogP contribution < -0.4 is 5.32 Å². The normalized spacial score (nSPS) is 19.6. The Morgan fingerprint density at radius 1 is 1.35 bits per heavy atom. The molecule has 0 aliphatic carbocycles. The van der Waals surface area contributed by atoms with E-state index in [9.17, 15) is 0 Å². The van der Waals surface area contributed by atoms with Gasteiger partial charge in [-0.2, -0.15) is 0 Å². The number of nitrogens with zero attached hydrogens (tertiary/aromatic N) is 5. The summed E-state index contributed by atoms with van der Waals surface area (Å²) in [6.07, 6.45) is 4.89. The fourth-order valence-electron chi connectivity index (χ4n) is 2.92. The topological polar surface area (TPSA) is 58.9 Å². The van der Waals surface area contributed by atoms with Crippen LogP contribution >= 0.6 is 0 Å². The number of piperidine rings is 1. The predicted molar refractivity (Wildman–Crippen MR) is 79.3 cm³/mol. The van der Waals surface area contributed by atoms with E-state index in [4.69, 9.17) is 0 Å². The fourth-order valence-corrected chi connectivity index (χ4v) is 2.92. The summed E-state index contributed by atoms with van der Waals surface area (Å²) in [5.41, 5.74) is 0. The third-order valence-corrected chi connectivity index (χ3v) is 3.86. The standard InChI is InChI=1S/C14H28N6/c1-3-8-19(11-13-6-5-7-15-10-13)12-14-16-17-18-20(14)9-4-2/h13,15H,3-12H2,1-2H3. The van der Waals surface area contributed by atoms with Gasteiger partial charge in [0.2, 0.25) is 0 Å². The Kier molecular flexibility index (Phi) is 6.39. The van der Waals surface area contributed by atoms with Gasteiger partial charge in [-0.15, -0.1) is 5.10 Å². The molecule has 1 fully saturated rings. The molecule has 0 spiro atoms. The number of nitrogens with one attached hydrogen (secondary N) is 1. The van der Waals surface area contributed by atoms with Crippen LogP contribution in [0.1, 0.15) is 45.4 Å². The third kappa shape index (κ3) is 4.52. The molecule has 2 rings (SSSR count). The molecule has 2 heterocycles. The van der Waals surface area contributed by atoms with Gasteiger partial charge in [-0.25, -0.2) is 4.68 Å². The number of aromatic nitrogens is 4. The average Bonchev–Trinajstić information content (AvgIpc) is 2.88. The summed E-state index contributed by atoms with van der Waals surface area (Å²) < 4.78 is 1.95. The number of rotatable bonds is 8. The zero-order chi connectivity index (χ0) is 14.2. The molecule has 0 aromatic carbocycles. The van der Waals surface area contributed by atoms with Crippen LogP contribution in [0.4, 0.5) is 0 Å². The van der Waals surface area contributed by atoms with Gasteiger partial charge in [-0.1, -0.05) is 13.8 Å². The Balaban J connectivity index is 1.91. The minimum atomic E-state index is 0.769. The smallest absolute Gasteiger partial charge is 0.165 e. The van der Waals surface area contributed by atoms with Crippen molar-refractivity contribution in [1.29, 1.82) is 0 Å².